The Bertz CT molecular complexity index is 6230. The molecule has 0 aliphatic carbocycles. The first kappa shape index (κ1) is 64.3. The maximum Gasteiger partial charge on any atom is 0.160 e. The van der Waals surface area contributed by atoms with Gasteiger partial charge in [0, 0.05) is 72.5 Å². The van der Waals surface area contributed by atoms with Crippen molar-refractivity contribution in [1.29, 1.82) is 0 Å². The van der Waals surface area contributed by atoms with Gasteiger partial charge >= 0.3 is 0 Å². The first-order chi connectivity index (χ1) is 53.5. The molecule has 20 rings (SSSR count). The normalized spacial score (nSPS) is 11.3. The molecular weight excluding hydrogens is 1310 g/mol. The second-order valence-corrected chi connectivity index (χ2v) is 27.0. The lowest BCUT2D eigenvalue weighted by Crippen LogP contribution is -1.95. The van der Waals surface area contributed by atoms with Crippen LogP contribution in [0.5, 0.6) is 0 Å². The highest BCUT2D eigenvalue weighted by molar-refractivity contribution is 6.20. The highest BCUT2D eigenvalue weighted by Crippen LogP contribution is 2.44. The third kappa shape index (κ3) is 12.4. The van der Waals surface area contributed by atoms with Crippen LogP contribution in [0.4, 0.5) is 0 Å². The molecule has 7 nitrogen and oxygen atoms in total. The third-order valence-electron chi connectivity index (χ3n) is 20.5. The largest absolute Gasteiger partial charge is 0.255 e. The smallest absolute Gasteiger partial charge is 0.160 e. The predicted molar refractivity (Wildman–Crippen MR) is 448 cm³/mol. The van der Waals surface area contributed by atoms with Crippen LogP contribution >= 0.6 is 0 Å². The van der Waals surface area contributed by atoms with Gasteiger partial charge in [0.1, 0.15) is 0 Å². The van der Waals surface area contributed by atoms with Gasteiger partial charge in [-0.2, -0.15) is 0 Å². The fraction of sp³-hybridized carbons (Fsp3) is 0. The van der Waals surface area contributed by atoms with Gasteiger partial charge in [0.15, 0.2) is 5.82 Å². The summed E-state index contributed by atoms with van der Waals surface area (Å²) in [5.41, 5.74) is 25.9. The van der Waals surface area contributed by atoms with Crippen LogP contribution < -0.4 is 0 Å². The van der Waals surface area contributed by atoms with Gasteiger partial charge in [0.05, 0.1) is 56.6 Å². The highest BCUT2D eigenvalue weighted by Gasteiger charge is 2.21. The fourth-order valence-corrected chi connectivity index (χ4v) is 15.2. The molecule has 108 heavy (non-hydrogen) atoms. The van der Waals surface area contributed by atoms with E-state index in [4.69, 9.17) is 24.9 Å². The van der Waals surface area contributed by atoms with Crippen molar-refractivity contribution in [2.75, 3.05) is 0 Å². The van der Waals surface area contributed by atoms with E-state index in [1.54, 1.807) is 12.4 Å². The fourth-order valence-electron chi connectivity index (χ4n) is 15.2. The van der Waals surface area contributed by atoms with Crippen molar-refractivity contribution >= 4 is 64.9 Å². The second-order valence-electron chi connectivity index (χ2n) is 27.0. The number of hydrogen-bond acceptors (Lipinski definition) is 7. The average Bonchev–Trinajstić information content (AvgIpc) is 0.759. The monoisotopic (exact) mass is 1380 g/mol. The number of para-hydroxylation sites is 2. The van der Waals surface area contributed by atoms with Crippen LogP contribution in [0.15, 0.2) is 395 Å². The molecule has 0 atom stereocenters. The molecule has 0 amide bonds. The minimum atomic E-state index is 0.713. The van der Waals surface area contributed by atoms with Gasteiger partial charge in [-0.15, -0.1) is 0 Å². The zero-order chi connectivity index (χ0) is 71.7. The minimum absolute atomic E-state index is 0.713. The van der Waals surface area contributed by atoms with Crippen LogP contribution in [-0.2, 0) is 0 Å². The summed E-state index contributed by atoms with van der Waals surface area (Å²) >= 11 is 0. The Kier molecular flexibility index (Phi) is 16.8. The van der Waals surface area contributed by atoms with Crippen LogP contribution in [0.25, 0.3) is 200 Å². The lowest BCUT2D eigenvalue weighted by Gasteiger charge is -2.16. The lowest BCUT2D eigenvalue weighted by atomic mass is 9.90. The van der Waals surface area contributed by atoms with Crippen molar-refractivity contribution in [3.63, 3.8) is 0 Å². The van der Waals surface area contributed by atoms with Gasteiger partial charge in [0.2, 0.25) is 0 Å². The Morgan fingerprint density at radius 3 is 1.00 bits per heavy atom. The molecule has 7 heteroatoms. The van der Waals surface area contributed by atoms with Crippen molar-refractivity contribution in [1.82, 2.24) is 34.9 Å². The molecule has 0 N–H and O–H groups in total. The van der Waals surface area contributed by atoms with Crippen molar-refractivity contribution in [3.05, 3.63) is 395 Å². The van der Waals surface area contributed by atoms with E-state index < -0.39 is 0 Å². The Morgan fingerprint density at radius 2 is 0.519 bits per heavy atom. The molecule has 0 spiro atoms. The van der Waals surface area contributed by atoms with Crippen molar-refractivity contribution in [2.45, 2.75) is 0 Å². The van der Waals surface area contributed by atoms with Crippen molar-refractivity contribution in [2.24, 2.45) is 0 Å². The average molecular weight is 1380 g/mol. The molecule has 0 fully saturated rings. The summed E-state index contributed by atoms with van der Waals surface area (Å²) in [5, 5.41) is 11.8. The summed E-state index contributed by atoms with van der Waals surface area (Å²) in [5.74, 6) is 0.713. The van der Waals surface area contributed by atoms with E-state index >= 15 is 0 Å². The van der Waals surface area contributed by atoms with Crippen molar-refractivity contribution < 1.29 is 0 Å². The summed E-state index contributed by atoms with van der Waals surface area (Å²) in [6.45, 7) is 0. The van der Waals surface area contributed by atoms with Crippen LogP contribution in [0.1, 0.15) is 0 Å². The molecule has 0 radical (unpaired) electrons. The van der Waals surface area contributed by atoms with E-state index in [9.17, 15) is 0 Å². The van der Waals surface area contributed by atoms with E-state index in [0.29, 0.717) is 5.82 Å². The summed E-state index contributed by atoms with van der Waals surface area (Å²) in [6.07, 6.45) is 3.60. The molecule has 6 aromatic heterocycles. The topological polar surface area (TPSA) is 90.2 Å². The number of pyridine rings is 5. The van der Waals surface area contributed by atoms with Gasteiger partial charge in [-0.25, -0.2) is 24.9 Å². The number of fused-ring (bicyclic) bond motifs is 8. The zero-order valence-corrected chi connectivity index (χ0v) is 58.7. The molecule has 0 unspecified atom stereocenters. The molecule has 20 aromatic rings. The van der Waals surface area contributed by atoms with Gasteiger partial charge < -0.3 is 0 Å². The number of nitrogens with zero attached hydrogens (tertiary/aromatic N) is 7. The number of benzene rings is 14. The van der Waals surface area contributed by atoms with Gasteiger partial charge in [0.25, 0.3) is 0 Å². The molecule has 6 heterocycles. The SMILES string of the molecule is c1ccc(-c2cc(-c3ccc(-c4cccc(-c5cccc6c(-c7cccc8ccccc78)nc7ccccc7c56)c4)cc3)cc(-c3ccccn3)n2)nc1.c1ccc(-c2cc(-c3ccc(-c4cccc(-c5cccc6c(-c7cccc8ccccc78)nc7ccccc7c56)c4)cc3)nc(-c3ccccc3)n2)cc1. The number of hydrogen-bond donors (Lipinski definition) is 0. The lowest BCUT2D eigenvalue weighted by molar-refractivity contribution is 1.18. The highest BCUT2D eigenvalue weighted by atomic mass is 14.9. The second kappa shape index (κ2) is 28.3. The molecule has 0 aliphatic heterocycles. The quantitative estimate of drug-likeness (QED) is 0.113. The van der Waals surface area contributed by atoms with E-state index in [1.165, 1.54) is 49.0 Å². The molecule has 0 aliphatic rings. The Labute approximate surface area is 625 Å². The van der Waals surface area contributed by atoms with E-state index in [1.807, 2.05) is 72.8 Å². The third-order valence-corrected chi connectivity index (χ3v) is 20.5. The van der Waals surface area contributed by atoms with Gasteiger partial charge in [-0.1, -0.05) is 315 Å². The van der Waals surface area contributed by atoms with Crippen LogP contribution in [0.3, 0.4) is 0 Å². The number of rotatable bonds is 12. The van der Waals surface area contributed by atoms with Gasteiger partial charge in [-0.05, 0) is 144 Å². The van der Waals surface area contributed by atoms with E-state index in [2.05, 4.69) is 319 Å². The Hall–Kier alpha value is -14.5. The van der Waals surface area contributed by atoms with Crippen LogP contribution in [0.2, 0.25) is 0 Å². The molecule has 504 valence electrons. The molecule has 0 saturated carbocycles. The van der Waals surface area contributed by atoms with Crippen LogP contribution in [-0.4, -0.2) is 34.9 Å². The predicted octanol–water partition coefficient (Wildman–Crippen LogP) is 26.1. The van der Waals surface area contributed by atoms with Crippen LogP contribution in [0, 0.1) is 0 Å². The Balaban J connectivity index is 0.000000147. The number of aromatic nitrogens is 7. The standard InChI is InChI=1S/C51H33N3.C50H32N4/c1-3-15-36(16-4-1)47-33-48(54-51(53-47)38-17-5-2-6-18-38)37-30-28-34(29-31-37)39-20-11-21-40(32-39)42-24-13-26-45-49(42)44-23-9-10-27-46(44)52-50(45)43-25-12-19-35-14-7-8-22-41(35)43;1-2-16-39-35(12-1)13-10-19-41(39)50-43-20-11-18-40(49(43)42-17-3-4-21-44(42)54-50)37-15-9-14-36(30-37)33-24-26-34(27-25-33)38-31-47(45-22-5-7-28-51-45)53-48(32-38)46-23-6-8-29-52-46/h1-33H;1-32H. The first-order valence-electron chi connectivity index (χ1n) is 36.4. The van der Waals surface area contributed by atoms with E-state index in [0.717, 1.165) is 145 Å². The minimum Gasteiger partial charge on any atom is -0.255 e. The maximum atomic E-state index is 5.29. The first-order valence-corrected chi connectivity index (χ1v) is 36.4. The molecule has 14 aromatic carbocycles. The molecular formula is C101H65N7. The Morgan fingerprint density at radius 1 is 0.167 bits per heavy atom. The summed E-state index contributed by atoms with van der Waals surface area (Å²) in [4.78, 5) is 34.7. The summed E-state index contributed by atoms with van der Waals surface area (Å²) in [7, 11) is 0. The van der Waals surface area contributed by atoms with Crippen molar-refractivity contribution in [3.8, 4) is 135 Å². The summed E-state index contributed by atoms with van der Waals surface area (Å²) < 4.78 is 0. The summed E-state index contributed by atoms with van der Waals surface area (Å²) in [6, 6.07) is 134. The molecule has 0 saturated heterocycles. The van der Waals surface area contributed by atoms with E-state index in [-0.39, 0.29) is 0 Å². The molecule has 0 bridgehead atoms. The maximum absolute atomic E-state index is 5.29. The zero-order valence-electron chi connectivity index (χ0n) is 58.7. The van der Waals surface area contributed by atoms with Gasteiger partial charge in [-0.3, -0.25) is 9.97 Å².